The minimum atomic E-state index is 0.0616. The van der Waals surface area contributed by atoms with Crippen LogP contribution in [0, 0.1) is 0 Å². The zero-order chi connectivity index (χ0) is 12.8. The van der Waals surface area contributed by atoms with Gasteiger partial charge in [-0.25, -0.2) is 0 Å². The summed E-state index contributed by atoms with van der Waals surface area (Å²) < 4.78 is 10.8. The topological polar surface area (TPSA) is 44.5 Å². The standard InChI is InChI=1S/C14H21NO2S/c1-16-12-5-2-4-11(8-12)14(15)10-18-9-13-6-3-7-17-13/h2,4-5,8,13-14H,3,6-7,9-10,15H2,1H3. The largest absolute Gasteiger partial charge is 0.497 e. The number of thioether (sulfide) groups is 1. The van der Waals surface area contributed by atoms with Gasteiger partial charge in [0, 0.05) is 24.2 Å². The van der Waals surface area contributed by atoms with Crippen LogP contribution in [-0.4, -0.2) is 31.3 Å². The summed E-state index contributed by atoms with van der Waals surface area (Å²) >= 11 is 1.88. The molecule has 0 aromatic heterocycles. The molecule has 1 saturated heterocycles. The summed E-state index contributed by atoms with van der Waals surface area (Å²) in [6.45, 7) is 0.924. The van der Waals surface area contributed by atoms with Gasteiger partial charge in [-0.15, -0.1) is 0 Å². The Labute approximate surface area is 113 Å². The average molecular weight is 267 g/mol. The zero-order valence-corrected chi connectivity index (χ0v) is 11.6. The molecule has 0 bridgehead atoms. The van der Waals surface area contributed by atoms with E-state index >= 15 is 0 Å². The highest BCUT2D eigenvalue weighted by atomic mass is 32.2. The van der Waals surface area contributed by atoms with Crippen LogP contribution >= 0.6 is 11.8 Å². The third-order valence-corrected chi connectivity index (χ3v) is 4.35. The summed E-state index contributed by atoms with van der Waals surface area (Å²) in [5.74, 6) is 2.84. The monoisotopic (exact) mass is 267 g/mol. The van der Waals surface area contributed by atoms with Gasteiger partial charge < -0.3 is 15.2 Å². The molecule has 0 spiro atoms. The molecular weight excluding hydrogens is 246 g/mol. The van der Waals surface area contributed by atoms with E-state index in [1.54, 1.807) is 7.11 Å². The molecule has 0 radical (unpaired) electrons. The fraction of sp³-hybridized carbons (Fsp3) is 0.571. The molecule has 0 aliphatic carbocycles. The second-order valence-electron chi connectivity index (χ2n) is 4.56. The van der Waals surface area contributed by atoms with Crippen molar-refractivity contribution in [3.05, 3.63) is 29.8 Å². The summed E-state index contributed by atoms with van der Waals surface area (Å²) in [5, 5.41) is 0. The predicted octanol–water partition coefficient (Wildman–Crippen LogP) is 2.61. The highest BCUT2D eigenvalue weighted by molar-refractivity contribution is 7.99. The van der Waals surface area contributed by atoms with Crippen molar-refractivity contribution in [3.8, 4) is 5.75 Å². The lowest BCUT2D eigenvalue weighted by Crippen LogP contribution is -2.15. The van der Waals surface area contributed by atoms with E-state index in [0.717, 1.165) is 29.4 Å². The summed E-state index contributed by atoms with van der Waals surface area (Å²) in [7, 11) is 1.68. The van der Waals surface area contributed by atoms with Crippen LogP contribution in [0.15, 0.2) is 24.3 Å². The van der Waals surface area contributed by atoms with E-state index in [1.165, 1.54) is 12.8 Å². The summed E-state index contributed by atoms with van der Waals surface area (Å²) in [4.78, 5) is 0. The highest BCUT2D eigenvalue weighted by Crippen LogP contribution is 2.23. The number of nitrogens with two attached hydrogens (primary N) is 1. The van der Waals surface area contributed by atoms with Gasteiger partial charge in [-0.3, -0.25) is 0 Å². The maximum absolute atomic E-state index is 6.19. The fourth-order valence-corrected chi connectivity index (χ4v) is 3.18. The van der Waals surface area contributed by atoms with Crippen molar-refractivity contribution in [1.82, 2.24) is 0 Å². The van der Waals surface area contributed by atoms with Gasteiger partial charge in [0.1, 0.15) is 5.75 Å². The van der Waals surface area contributed by atoms with Crippen molar-refractivity contribution < 1.29 is 9.47 Å². The minimum absolute atomic E-state index is 0.0616. The van der Waals surface area contributed by atoms with Crippen LogP contribution < -0.4 is 10.5 Å². The molecule has 1 aromatic carbocycles. The van der Waals surface area contributed by atoms with Crippen molar-refractivity contribution >= 4 is 11.8 Å². The van der Waals surface area contributed by atoms with Crippen LogP contribution in [0.3, 0.4) is 0 Å². The Morgan fingerprint density at radius 3 is 3.17 bits per heavy atom. The third kappa shape index (κ3) is 3.90. The maximum atomic E-state index is 6.19. The first-order chi connectivity index (χ1) is 8.79. The average Bonchev–Trinajstić information content (AvgIpc) is 2.92. The lowest BCUT2D eigenvalue weighted by atomic mass is 10.1. The van der Waals surface area contributed by atoms with Gasteiger partial charge >= 0.3 is 0 Å². The van der Waals surface area contributed by atoms with Crippen LogP contribution in [0.4, 0.5) is 0 Å². The molecular formula is C14H21NO2S. The second kappa shape index (κ2) is 7.02. The van der Waals surface area contributed by atoms with E-state index < -0.39 is 0 Å². The fourth-order valence-electron chi connectivity index (χ4n) is 2.07. The maximum Gasteiger partial charge on any atom is 0.119 e. The van der Waals surface area contributed by atoms with Crippen molar-refractivity contribution in [2.45, 2.75) is 25.0 Å². The molecule has 3 nitrogen and oxygen atoms in total. The molecule has 2 N–H and O–H groups in total. The van der Waals surface area contributed by atoms with Gasteiger partial charge in [0.05, 0.1) is 13.2 Å². The van der Waals surface area contributed by atoms with E-state index in [1.807, 2.05) is 30.0 Å². The smallest absolute Gasteiger partial charge is 0.119 e. The predicted molar refractivity (Wildman–Crippen MR) is 76.2 cm³/mol. The van der Waals surface area contributed by atoms with Gasteiger partial charge in [-0.1, -0.05) is 12.1 Å². The highest BCUT2D eigenvalue weighted by Gasteiger charge is 2.16. The number of rotatable bonds is 6. The van der Waals surface area contributed by atoms with Gasteiger partial charge in [-0.05, 0) is 30.5 Å². The first kappa shape index (κ1) is 13.7. The van der Waals surface area contributed by atoms with Crippen molar-refractivity contribution in [3.63, 3.8) is 0 Å². The molecule has 1 fully saturated rings. The second-order valence-corrected chi connectivity index (χ2v) is 5.63. The summed E-state index contributed by atoms with van der Waals surface area (Å²) in [6.07, 6.45) is 2.83. The minimum Gasteiger partial charge on any atom is -0.497 e. The SMILES string of the molecule is COc1cccc(C(N)CSCC2CCCO2)c1. The van der Waals surface area contributed by atoms with E-state index in [0.29, 0.717) is 6.10 Å². The van der Waals surface area contributed by atoms with E-state index in [2.05, 4.69) is 6.07 Å². The molecule has 1 aliphatic rings. The Hall–Kier alpha value is -0.710. The number of benzene rings is 1. The quantitative estimate of drug-likeness (QED) is 0.860. The van der Waals surface area contributed by atoms with Gasteiger partial charge in [-0.2, -0.15) is 11.8 Å². The molecule has 18 heavy (non-hydrogen) atoms. The molecule has 1 aliphatic heterocycles. The number of hydrogen-bond acceptors (Lipinski definition) is 4. The number of hydrogen-bond donors (Lipinski definition) is 1. The molecule has 4 heteroatoms. The van der Waals surface area contributed by atoms with Gasteiger partial charge in [0.25, 0.3) is 0 Å². The van der Waals surface area contributed by atoms with Crippen molar-refractivity contribution in [1.29, 1.82) is 0 Å². The Bertz CT molecular complexity index is 367. The van der Waals surface area contributed by atoms with E-state index in [9.17, 15) is 0 Å². The zero-order valence-electron chi connectivity index (χ0n) is 10.8. The molecule has 1 aromatic rings. The van der Waals surface area contributed by atoms with Gasteiger partial charge in [0.15, 0.2) is 0 Å². The van der Waals surface area contributed by atoms with E-state index in [4.69, 9.17) is 15.2 Å². The first-order valence-corrected chi connectivity index (χ1v) is 7.54. The van der Waals surface area contributed by atoms with E-state index in [-0.39, 0.29) is 6.04 Å². The molecule has 0 saturated carbocycles. The summed E-state index contributed by atoms with van der Waals surface area (Å²) in [5.41, 5.74) is 7.32. The normalized spacial score (nSPS) is 20.9. The number of ether oxygens (including phenoxy) is 2. The van der Waals surface area contributed by atoms with Gasteiger partial charge in [0.2, 0.25) is 0 Å². The summed E-state index contributed by atoms with van der Waals surface area (Å²) in [6, 6.07) is 8.05. The molecule has 2 rings (SSSR count). The molecule has 1 heterocycles. The molecule has 100 valence electrons. The molecule has 2 atom stereocenters. The van der Waals surface area contributed by atoms with Crippen molar-refractivity contribution in [2.24, 2.45) is 5.73 Å². The Kier molecular flexibility index (Phi) is 5.35. The Balaban J connectivity index is 1.77. The van der Waals surface area contributed by atoms with Crippen LogP contribution in [-0.2, 0) is 4.74 Å². The first-order valence-electron chi connectivity index (χ1n) is 6.38. The van der Waals surface area contributed by atoms with Crippen molar-refractivity contribution in [2.75, 3.05) is 25.2 Å². The Morgan fingerprint density at radius 2 is 2.44 bits per heavy atom. The molecule has 0 amide bonds. The third-order valence-electron chi connectivity index (χ3n) is 3.15. The van der Waals surface area contributed by atoms with Crippen LogP contribution in [0.25, 0.3) is 0 Å². The van der Waals surface area contributed by atoms with Crippen LogP contribution in [0.5, 0.6) is 5.75 Å². The lowest BCUT2D eigenvalue weighted by molar-refractivity contribution is 0.129. The lowest BCUT2D eigenvalue weighted by Gasteiger charge is -2.14. The molecule has 2 unspecified atom stereocenters. The van der Waals surface area contributed by atoms with Crippen LogP contribution in [0.2, 0.25) is 0 Å². The number of methoxy groups -OCH3 is 1. The van der Waals surface area contributed by atoms with Crippen LogP contribution in [0.1, 0.15) is 24.4 Å². The Morgan fingerprint density at radius 1 is 1.56 bits per heavy atom.